The third-order valence-corrected chi connectivity index (χ3v) is 4.72. The second-order valence-corrected chi connectivity index (χ2v) is 6.31. The fourth-order valence-corrected chi connectivity index (χ4v) is 3.38. The van der Waals surface area contributed by atoms with Gasteiger partial charge in [0.25, 0.3) is 0 Å². The predicted molar refractivity (Wildman–Crippen MR) is 88.3 cm³/mol. The van der Waals surface area contributed by atoms with Gasteiger partial charge in [-0.25, -0.2) is 4.21 Å². The van der Waals surface area contributed by atoms with E-state index in [2.05, 4.69) is 0 Å². The molecule has 1 atom stereocenters. The van der Waals surface area contributed by atoms with Gasteiger partial charge in [-0.2, -0.15) is 0 Å². The van der Waals surface area contributed by atoms with Crippen LogP contribution in [0.2, 0.25) is 0 Å². The van der Waals surface area contributed by atoms with Crippen LogP contribution in [0.3, 0.4) is 0 Å². The zero-order valence-corrected chi connectivity index (χ0v) is 14.1. The first-order valence-electron chi connectivity index (χ1n) is 7.48. The molecule has 4 heteroatoms. The van der Waals surface area contributed by atoms with Crippen molar-refractivity contribution in [3.8, 4) is 0 Å². The van der Waals surface area contributed by atoms with Crippen molar-refractivity contribution in [1.29, 1.82) is 0 Å². The van der Waals surface area contributed by atoms with E-state index in [9.17, 15) is 4.21 Å². The van der Waals surface area contributed by atoms with Gasteiger partial charge in [-0.1, -0.05) is 35.9 Å². The van der Waals surface area contributed by atoms with Crippen molar-refractivity contribution in [3.63, 3.8) is 0 Å². The van der Waals surface area contributed by atoms with E-state index in [1.54, 1.807) is 0 Å². The number of aryl methyl sites for hydroxylation is 1. The van der Waals surface area contributed by atoms with Crippen LogP contribution in [0.25, 0.3) is 0 Å². The van der Waals surface area contributed by atoms with Gasteiger partial charge in [-0.15, -0.1) is 0 Å². The average Bonchev–Trinajstić information content (AvgIpc) is 2.55. The molecule has 118 valence electrons. The van der Waals surface area contributed by atoms with Crippen LogP contribution in [0.1, 0.15) is 31.3 Å². The van der Waals surface area contributed by atoms with Crippen molar-refractivity contribution in [2.75, 3.05) is 13.2 Å². The third kappa shape index (κ3) is 4.03. The minimum Gasteiger partial charge on any atom is -0.349 e. The van der Waals surface area contributed by atoms with Crippen LogP contribution in [-0.2, 0) is 20.3 Å². The number of benzene rings is 2. The summed E-state index contributed by atoms with van der Waals surface area (Å²) in [5.41, 5.74) is 1.97. The fourth-order valence-electron chi connectivity index (χ4n) is 2.16. The molecule has 1 unspecified atom stereocenters. The molecule has 0 fully saturated rings. The summed E-state index contributed by atoms with van der Waals surface area (Å²) in [6.07, 6.45) is -0.486. The van der Waals surface area contributed by atoms with Crippen molar-refractivity contribution < 1.29 is 13.7 Å². The summed E-state index contributed by atoms with van der Waals surface area (Å²) in [7, 11) is -1.25. The van der Waals surface area contributed by atoms with Crippen molar-refractivity contribution in [1.82, 2.24) is 0 Å². The largest absolute Gasteiger partial charge is 0.349 e. The summed E-state index contributed by atoms with van der Waals surface area (Å²) in [5, 5.41) is 0. The van der Waals surface area contributed by atoms with Crippen LogP contribution in [0.4, 0.5) is 0 Å². The second kappa shape index (κ2) is 8.22. The molecule has 0 spiro atoms. The maximum atomic E-state index is 12.9. The summed E-state index contributed by atoms with van der Waals surface area (Å²) in [5.74, 6) is 0. The molecule has 0 N–H and O–H groups in total. The number of ether oxygens (including phenoxy) is 2. The van der Waals surface area contributed by atoms with Gasteiger partial charge in [0.15, 0.2) is 6.29 Å². The molecular formula is C18H22O3S. The molecule has 2 aromatic carbocycles. The highest BCUT2D eigenvalue weighted by atomic mass is 32.2. The van der Waals surface area contributed by atoms with E-state index in [4.69, 9.17) is 9.47 Å². The van der Waals surface area contributed by atoms with E-state index in [0.29, 0.717) is 13.2 Å². The molecule has 0 heterocycles. The number of rotatable bonds is 7. The Bertz CT molecular complexity index is 616. The van der Waals surface area contributed by atoms with Gasteiger partial charge >= 0.3 is 0 Å². The molecule has 0 aliphatic heterocycles. The minimum atomic E-state index is -1.25. The smallest absolute Gasteiger partial charge is 0.184 e. The fraction of sp³-hybridized carbons (Fsp3) is 0.333. The van der Waals surface area contributed by atoms with Gasteiger partial charge in [-0.3, -0.25) is 0 Å². The van der Waals surface area contributed by atoms with Crippen LogP contribution in [0, 0.1) is 6.92 Å². The minimum absolute atomic E-state index is 0.486. The molecule has 0 bridgehead atoms. The first-order valence-corrected chi connectivity index (χ1v) is 8.63. The van der Waals surface area contributed by atoms with E-state index in [1.807, 2.05) is 69.3 Å². The van der Waals surface area contributed by atoms with Crippen LogP contribution in [0.5, 0.6) is 0 Å². The molecule has 0 aliphatic rings. The second-order valence-electron chi connectivity index (χ2n) is 4.86. The topological polar surface area (TPSA) is 35.5 Å². The quantitative estimate of drug-likeness (QED) is 0.717. The molecule has 22 heavy (non-hydrogen) atoms. The number of hydrogen-bond acceptors (Lipinski definition) is 3. The summed E-state index contributed by atoms with van der Waals surface area (Å²) < 4.78 is 24.2. The first kappa shape index (κ1) is 16.9. The van der Waals surface area contributed by atoms with E-state index < -0.39 is 17.1 Å². The Morgan fingerprint density at radius 1 is 0.955 bits per heavy atom. The van der Waals surface area contributed by atoms with Gasteiger partial charge in [0.2, 0.25) is 0 Å². The molecule has 0 radical (unpaired) electrons. The Kier molecular flexibility index (Phi) is 6.31. The van der Waals surface area contributed by atoms with Crippen LogP contribution < -0.4 is 0 Å². The Balaban J connectivity index is 2.38. The van der Waals surface area contributed by atoms with E-state index in [1.165, 1.54) is 0 Å². The van der Waals surface area contributed by atoms with Gasteiger partial charge in [0.05, 0.1) is 15.7 Å². The molecule has 2 aromatic rings. The summed E-state index contributed by atoms with van der Waals surface area (Å²) in [6.45, 7) is 6.93. The maximum Gasteiger partial charge on any atom is 0.184 e. The molecule has 0 saturated carbocycles. The molecule has 2 rings (SSSR count). The summed E-state index contributed by atoms with van der Waals surface area (Å²) in [6, 6.07) is 15.3. The molecule has 0 aromatic heterocycles. The van der Waals surface area contributed by atoms with E-state index in [0.717, 1.165) is 20.9 Å². The van der Waals surface area contributed by atoms with Crippen molar-refractivity contribution in [2.24, 2.45) is 0 Å². The lowest BCUT2D eigenvalue weighted by molar-refractivity contribution is -0.141. The lowest BCUT2D eigenvalue weighted by atomic mass is 10.2. The molecular weight excluding hydrogens is 296 g/mol. The van der Waals surface area contributed by atoms with E-state index in [-0.39, 0.29) is 0 Å². The van der Waals surface area contributed by atoms with Crippen molar-refractivity contribution >= 4 is 10.8 Å². The highest BCUT2D eigenvalue weighted by molar-refractivity contribution is 7.85. The van der Waals surface area contributed by atoms with E-state index >= 15 is 0 Å². The lowest BCUT2D eigenvalue weighted by Crippen LogP contribution is -2.12. The predicted octanol–water partition coefficient (Wildman–Crippen LogP) is 4.23. The Morgan fingerprint density at radius 3 is 2.14 bits per heavy atom. The van der Waals surface area contributed by atoms with Gasteiger partial charge < -0.3 is 9.47 Å². The van der Waals surface area contributed by atoms with Crippen molar-refractivity contribution in [2.45, 2.75) is 36.9 Å². The van der Waals surface area contributed by atoms with Crippen LogP contribution >= 0.6 is 0 Å². The monoisotopic (exact) mass is 318 g/mol. The lowest BCUT2D eigenvalue weighted by Gasteiger charge is -2.20. The summed E-state index contributed by atoms with van der Waals surface area (Å²) >= 11 is 0. The molecule has 0 saturated heterocycles. The van der Waals surface area contributed by atoms with Gasteiger partial charge in [0.1, 0.15) is 0 Å². The van der Waals surface area contributed by atoms with Gasteiger partial charge in [0, 0.05) is 23.7 Å². The standard InChI is InChI=1S/C18H22O3S/c1-4-20-18(21-5-2)16-8-6-7-9-17(16)22(19)15-12-10-14(3)11-13-15/h6-13,18H,4-5H2,1-3H3. The van der Waals surface area contributed by atoms with Crippen LogP contribution in [0.15, 0.2) is 58.3 Å². The normalized spacial score (nSPS) is 12.5. The van der Waals surface area contributed by atoms with Crippen molar-refractivity contribution in [3.05, 3.63) is 59.7 Å². The Hall–Kier alpha value is -1.49. The van der Waals surface area contributed by atoms with Gasteiger partial charge in [-0.05, 0) is 39.0 Å². The molecule has 3 nitrogen and oxygen atoms in total. The SMILES string of the molecule is CCOC(OCC)c1ccccc1S(=O)c1ccc(C)cc1. The molecule has 0 aliphatic carbocycles. The first-order chi connectivity index (χ1) is 10.7. The highest BCUT2D eigenvalue weighted by Gasteiger charge is 2.19. The summed E-state index contributed by atoms with van der Waals surface area (Å²) in [4.78, 5) is 1.52. The maximum absolute atomic E-state index is 12.9. The zero-order chi connectivity index (χ0) is 15.9. The average molecular weight is 318 g/mol. The Labute approximate surface area is 134 Å². The third-order valence-electron chi connectivity index (χ3n) is 3.24. The molecule has 0 amide bonds. The Morgan fingerprint density at radius 2 is 1.55 bits per heavy atom. The number of hydrogen-bond donors (Lipinski definition) is 0. The van der Waals surface area contributed by atoms with Crippen LogP contribution in [-0.4, -0.2) is 17.4 Å². The zero-order valence-electron chi connectivity index (χ0n) is 13.2. The highest BCUT2D eigenvalue weighted by Crippen LogP contribution is 2.28.